The molecule has 6 heteroatoms. The fourth-order valence-corrected chi connectivity index (χ4v) is 3.00. The van der Waals surface area contributed by atoms with E-state index in [1.165, 1.54) is 11.3 Å². The first-order valence-corrected chi connectivity index (χ1v) is 8.41. The van der Waals surface area contributed by atoms with Gasteiger partial charge in [0.15, 0.2) is 0 Å². The summed E-state index contributed by atoms with van der Waals surface area (Å²) in [6.45, 7) is 4.74. The molecule has 3 rings (SSSR count). The van der Waals surface area contributed by atoms with Crippen LogP contribution in [0.25, 0.3) is 16.3 Å². The van der Waals surface area contributed by atoms with Crippen LogP contribution in [0.5, 0.6) is 0 Å². The van der Waals surface area contributed by atoms with Gasteiger partial charge in [0.05, 0.1) is 11.9 Å². The maximum absolute atomic E-state index is 11.9. The first-order chi connectivity index (χ1) is 11.2. The van der Waals surface area contributed by atoms with Crippen molar-refractivity contribution in [3.8, 4) is 16.3 Å². The predicted molar refractivity (Wildman–Crippen MR) is 92.0 cm³/mol. The first-order valence-electron chi connectivity index (χ1n) is 7.54. The molecule has 5 nitrogen and oxygen atoms in total. The van der Waals surface area contributed by atoms with E-state index in [1.54, 1.807) is 11.6 Å². The van der Waals surface area contributed by atoms with Gasteiger partial charge >= 0.3 is 0 Å². The fourth-order valence-electron chi connectivity index (χ4n) is 2.23. The molecule has 0 bridgehead atoms. The minimum atomic E-state index is -0.124. The van der Waals surface area contributed by atoms with Crippen molar-refractivity contribution in [2.24, 2.45) is 0 Å². The Hall–Kier alpha value is -2.47. The lowest BCUT2D eigenvalue weighted by atomic mass is 10.2. The van der Waals surface area contributed by atoms with E-state index in [0.29, 0.717) is 12.2 Å². The quantitative estimate of drug-likeness (QED) is 0.781. The molecule has 0 aliphatic heterocycles. The first kappa shape index (κ1) is 15.4. The summed E-state index contributed by atoms with van der Waals surface area (Å²) in [5.74, 6) is -0.124. The minimum absolute atomic E-state index is 0.124. The van der Waals surface area contributed by atoms with E-state index in [-0.39, 0.29) is 5.91 Å². The number of rotatable bonds is 5. The molecule has 1 N–H and O–H groups in total. The highest BCUT2D eigenvalue weighted by Gasteiger charge is 2.13. The van der Waals surface area contributed by atoms with Crippen molar-refractivity contribution in [1.82, 2.24) is 20.1 Å². The summed E-state index contributed by atoms with van der Waals surface area (Å²) in [6.07, 6.45) is 4.62. The van der Waals surface area contributed by atoms with Crippen LogP contribution >= 0.6 is 11.3 Å². The van der Waals surface area contributed by atoms with E-state index in [2.05, 4.69) is 28.4 Å². The molecule has 0 unspecified atom stereocenters. The number of para-hydroxylation sites is 1. The van der Waals surface area contributed by atoms with Crippen LogP contribution in [0.15, 0.2) is 42.0 Å². The predicted octanol–water partition coefficient (Wildman–Crippen LogP) is 3.44. The molecule has 0 aliphatic rings. The number of hydrogen-bond acceptors (Lipinski definition) is 4. The van der Waals surface area contributed by atoms with Gasteiger partial charge in [-0.1, -0.05) is 25.1 Å². The molecule has 0 saturated carbocycles. The topological polar surface area (TPSA) is 59.8 Å². The summed E-state index contributed by atoms with van der Waals surface area (Å²) >= 11 is 1.45. The highest BCUT2D eigenvalue weighted by Crippen LogP contribution is 2.24. The number of carbonyl (C=O) groups is 1. The molecule has 1 aromatic carbocycles. The Morgan fingerprint density at radius 2 is 2.17 bits per heavy atom. The molecule has 3 aromatic rings. The number of hydrogen-bond donors (Lipinski definition) is 1. The third kappa shape index (κ3) is 3.32. The summed E-state index contributed by atoms with van der Waals surface area (Å²) in [4.78, 5) is 16.3. The molecule has 0 spiro atoms. The van der Waals surface area contributed by atoms with E-state index in [1.807, 2.05) is 36.0 Å². The molecular weight excluding hydrogens is 308 g/mol. The molecule has 0 atom stereocenters. The third-order valence-electron chi connectivity index (χ3n) is 3.46. The lowest BCUT2D eigenvalue weighted by Gasteiger charge is -2.04. The SMILES string of the molecule is CCCNC(=O)c1csc(-c2cnn(-c3ccccc3C)c2)n1. The number of nitrogens with zero attached hydrogens (tertiary/aromatic N) is 3. The van der Waals surface area contributed by atoms with Crippen molar-refractivity contribution in [2.45, 2.75) is 20.3 Å². The molecule has 0 fully saturated rings. The summed E-state index contributed by atoms with van der Waals surface area (Å²) in [6, 6.07) is 8.07. The van der Waals surface area contributed by atoms with Crippen LogP contribution in [0.4, 0.5) is 0 Å². The number of aromatic nitrogens is 3. The van der Waals surface area contributed by atoms with Crippen LogP contribution in [0.3, 0.4) is 0 Å². The van der Waals surface area contributed by atoms with Gasteiger partial charge in [-0.05, 0) is 25.0 Å². The molecule has 0 aliphatic carbocycles. The van der Waals surface area contributed by atoms with Gasteiger partial charge in [0.25, 0.3) is 5.91 Å². The van der Waals surface area contributed by atoms with Gasteiger partial charge in [0.2, 0.25) is 0 Å². The van der Waals surface area contributed by atoms with Gasteiger partial charge in [0.1, 0.15) is 10.7 Å². The fraction of sp³-hybridized carbons (Fsp3) is 0.235. The lowest BCUT2D eigenvalue weighted by Crippen LogP contribution is -2.24. The molecule has 23 heavy (non-hydrogen) atoms. The highest BCUT2D eigenvalue weighted by atomic mass is 32.1. The number of thiazole rings is 1. The second-order valence-electron chi connectivity index (χ2n) is 5.25. The van der Waals surface area contributed by atoms with Crippen molar-refractivity contribution in [1.29, 1.82) is 0 Å². The Morgan fingerprint density at radius 1 is 1.35 bits per heavy atom. The van der Waals surface area contributed by atoms with Crippen molar-refractivity contribution < 1.29 is 4.79 Å². The molecule has 1 amide bonds. The van der Waals surface area contributed by atoms with Crippen LogP contribution in [0, 0.1) is 6.92 Å². The number of amides is 1. The summed E-state index contributed by atoms with van der Waals surface area (Å²) in [7, 11) is 0. The number of carbonyl (C=O) groups excluding carboxylic acids is 1. The lowest BCUT2D eigenvalue weighted by molar-refractivity contribution is 0.0949. The summed E-state index contributed by atoms with van der Waals surface area (Å²) < 4.78 is 1.84. The maximum atomic E-state index is 11.9. The average Bonchev–Trinajstić information content (AvgIpc) is 3.22. The number of nitrogens with one attached hydrogen (secondary N) is 1. The van der Waals surface area contributed by atoms with Crippen LogP contribution in [0.2, 0.25) is 0 Å². The van der Waals surface area contributed by atoms with Gasteiger partial charge in [-0.3, -0.25) is 4.79 Å². The van der Waals surface area contributed by atoms with E-state index in [4.69, 9.17) is 0 Å². The second kappa shape index (κ2) is 6.75. The maximum Gasteiger partial charge on any atom is 0.270 e. The minimum Gasteiger partial charge on any atom is -0.351 e. The summed E-state index contributed by atoms with van der Waals surface area (Å²) in [5, 5.41) is 9.83. The van der Waals surface area contributed by atoms with E-state index in [9.17, 15) is 4.79 Å². The van der Waals surface area contributed by atoms with E-state index in [0.717, 1.165) is 28.2 Å². The van der Waals surface area contributed by atoms with Gasteiger partial charge in [0, 0.05) is 23.7 Å². The van der Waals surface area contributed by atoms with Crippen LogP contribution < -0.4 is 5.32 Å². The van der Waals surface area contributed by atoms with Crippen molar-refractivity contribution in [3.05, 3.63) is 53.3 Å². The molecular formula is C17H18N4OS. The Morgan fingerprint density at radius 3 is 2.96 bits per heavy atom. The Balaban J connectivity index is 1.83. The van der Waals surface area contributed by atoms with Gasteiger partial charge < -0.3 is 5.32 Å². The normalized spacial score (nSPS) is 10.7. The molecule has 0 saturated heterocycles. The molecule has 2 aromatic heterocycles. The van der Waals surface area contributed by atoms with Crippen LogP contribution in [-0.2, 0) is 0 Å². The van der Waals surface area contributed by atoms with E-state index < -0.39 is 0 Å². The van der Waals surface area contributed by atoms with Crippen LogP contribution in [-0.4, -0.2) is 27.2 Å². The third-order valence-corrected chi connectivity index (χ3v) is 4.36. The summed E-state index contributed by atoms with van der Waals surface area (Å²) in [5.41, 5.74) is 3.56. The Bertz CT molecular complexity index is 821. The number of benzene rings is 1. The van der Waals surface area contributed by atoms with Crippen LogP contribution in [0.1, 0.15) is 29.4 Å². The van der Waals surface area contributed by atoms with Crippen molar-refractivity contribution in [2.75, 3.05) is 6.54 Å². The molecule has 118 valence electrons. The Labute approximate surface area is 139 Å². The Kier molecular flexibility index (Phi) is 4.52. The van der Waals surface area contributed by atoms with Gasteiger partial charge in [-0.15, -0.1) is 11.3 Å². The number of aryl methyl sites for hydroxylation is 1. The van der Waals surface area contributed by atoms with Crippen molar-refractivity contribution in [3.63, 3.8) is 0 Å². The standard InChI is InChI=1S/C17H18N4OS/c1-3-8-18-16(22)14-11-23-17(20-14)13-9-19-21(10-13)15-7-5-4-6-12(15)2/h4-7,9-11H,3,8H2,1-2H3,(H,18,22). The molecule has 0 radical (unpaired) electrons. The van der Waals surface area contributed by atoms with Gasteiger partial charge in [-0.25, -0.2) is 9.67 Å². The van der Waals surface area contributed by atoms with E-state index >= 15 is 0 Å². The average molecular weight is 326 g/mol. The largest absolute Gasteiger partial charge is 0.351 e. The van der Waals surface area contributed by atoms with Gasteiger partial charge in [-0.2, -0.15) is 5.10 Å². The smallest absolute Gasteiger partial charge is 0.270 e. The second-order valence-corrected chi connectivity index (χ2v) is 6.11. The highest BCUT2D eigenvalue weighted by molar-refractivity contribution is 7.13. The zero-order valence-corrected chi connectivity index (χ0v) is 13.9. The zero-order valence-electron chi connectivity index (χ0n) is 13.1. The monoisotopic (exact) mass is 326 g/mol. The molecule has 2 heterocycles. The van der Waals surface area contributed by atoms with Crippen molar-refractivity contribution >= 4 is 17.2 Å². The zero-order chi connectivity index (χ0) is 16.2.